The van der Waals surface area contributed by atoms with Gasteiger partial charge in [0.1, 0.15) is 5.82 Å². The van der Waals surface area contributed by atoms with E-state index in [1.807, 2.05) is 5.92 Å². The first kappa shape index (κ1) is 10.2. The van der Waals surface area contributed by atoms with Crippen molar-refractivity contribution in [3.63, 3.8) is 0 Å². The Bertz CT molecular complexity index is 418. The van der Waals surface area contributed by atoms with Crippen LogP contribution in [0, 0.1) is 17.7 Å². The zero-order chi connectivity index (χ0) is 10.6. The molecular weight excluding hydrogens is 185 g/mol. The summed E-state index contributed by atoms with van der Waals surface area (Å²) in [5, 5.41) is 8.74. The minimum Gasteiger partial charge on any atom is -0.392 e. The Morgan fingerprint density at radius 3 is 2.86 bits per heavy atom. The third kappa shape index (κ3) is 2.31. The summed E-state index contributed by atoms with van der Waals surface area (Å²) in [5.74, 6) is 2.86. The van der Waals surface area contributed by atoms with E-state index < -0.39 is 18.3 Å². The van der Waals surface area contributed by atoms with Gasteiger partial charge in [-0.3, -0.25) is 4.79 Å². The van der Waals surface area contributed by atoms with E-state index in [0.717, 1.165) is 0 Å². The van der Waals surface area contributed by atoms with Crippen LogP contribution in [-0.4, -0.2) is 11.0 Å². The molecule has 3 nitrogen and oxygen atoms in total. The van der Waals surface area contributed by atoms with Gasteiger partial charge in [-0.15, -0.1) is 0 Å². The van der Waals surface area contributed by atoms with E-state index >= 15 is 0 Å². The standard InChI is InChI=1S/C10H8FNO2/c11-10-7(4-5-9(12)14)2-1-3-8(10)6-13/h1-3,13H,6H2,(H2,12,14). The second-order valence-electron chi connectivity index (χ2n) is 2.55. The highest BCUT2D eigenvalue weighted by molar-refractivity contribution is 5.92. The molecule has 0 aliphatic rings. The molecule has 0 aliphatic carbocycles. The van der Waals surface area contributed by atoms with Crippen molar-refractivity contribution in [1.29, 1.82) is 0 Å². The van der Waals surface area contributed by atoms with Crippen LogP contribution in [0.15, 0.2) is 18.2 Å². The number of carbonyl (C=O) groups excluding carboxylic acids is 1. The van der Waals surface area contributed by atoms with E-state index in [2.05, 4.69) is 5.92 Å². The number of hydrogen-bond acceptors (Lipinski definition) is 2. The van der Waals surface area contributed by atoms with E-state index in [1.54, 1.807) is 6.07 Å². The number of primary amides is 1. The van der Waals surface area contributed by atoms with Crippen molar-refractivity contribution in [3.05, 3.63) is 35.1 Å². The number of aliphatic hydroxyl groups excluding tert-OH is 1. The van der Waals surface area contributed by atoms with Gasteiger partial charge in [0.2, 0.25) is 0 Å². The summed E-state index contributed by atoms with van der Waals surface area (Å²) in [7, 11) is 0. The van der Waals surface area contributed by atoms with Crippen LogP contribution in [0.2, 0.25) is 0 Å². The Kier molecular flexibility index (Phi) is 3.21. The first-order chi connectivity index (χ1) is 6.65. The molecule has 0 fully saturated rings. The minimum atomic E-state index is -0.821. The minimum absolute atomic E-state index is 0.0513. The molecule has 0 radical (unpaired) electrons. The molecule has 0 unspecified atom stereocenters. The van der Waals surface area contributed by atoms with Crippen molar-refractivity contribution < 1.29 is 14.3 Å². The van der Waals surface area contributed by atoms with Gasteiger partial charge >= 0.3 is 0 Å². The van der Waals surface area contributed by atoms with Crippen molar-refractivity contribution in [1.82, 2.24) is 0 Å². The van der Waals surface area contributed by atoms with Crippen molar-refractivity contribution in [2.24, 2.45) is 5.73 Å². The maximum absolute atomic E-state index is 13.3. The van der Waals surface area contributed by atoms with Crippen LogP contribution in [0.25, 0.3) is 0 Å². The van der Waals surface area contributed by atoms with Gasteiger partial charge in [0, 0.05) is 11.5 Å². The Morgan fingerprint density at radius 2 is 2.29 bits per heavy atom. The number of benzene rings is 1. The lowest BCUT2D eigenvalue weighted by Gasteiger charge is -1.99. The topological polar surface area (TPSA) is 63.3 Å². The number of halogens is 1. The highest BCUT2D eigenvalue weighted by atomic mass is 19.1. The summed E-state index contributed by atoms with van der Waals surface area (Å²) in [5.41, 5.74) is 4.97. The summed E-state index contributed by atoms with van der Waals surface area (Å²) >= 11 is 0. The molecule has 1 amide bonds. The molecule has 0 aliphatic heterocycles. The first-order valence-electron chi connectivity index (χ1n) is 3.85. The van der Waals surface area contributed by atoms with Crippen molar-refractivity contribution in [2.45, 2.75) is 6.61 Å². The summed E-state index contributed by atoms with van der Waals surface area (Å²) < 4.78 is 13.3. The third-order valence-corrected chi connectivity index (χ3v) is 1.57. The predicted molar refractivity (Wildman–Crippen MR) is 48.4 cm³/mol. The zero-order valence-electron chi connectivity index (χ0n) is 7.25. The Labute approximate surface area is 80.4 Å². The SMILES string of the molecule is NC(=O)C#Cc1cccc(CO)c1F. The van der Waals surface area contributed by atoms with E-state index in [9.17, 15) is 9.18 Å². The summed E-state index contributed by atoms with van der Waals surface area (Å²) in [6.45, 7) is -0.405. The highest BCUT2D eigenvalue weighted by Gasteiger charge is 2.04. The molecule has 3 N–H and O–H groups in total. The predicted octanol–water partition coefficient (Wildman–Crippen LogP) is 0.155. The fourth-order valence-electron chi connectivity index (χ4n) is 0.927. The van der Waals surface area contributed by atoms with Crippen LogP contribution in [-0.2, 0) is 11.4 Å². The fourth-order valence-corrected chi connectivity index (χ4v) is 0.927. The van der Waals surface area contributed by atoms with Gasteiger partial charge in [-0.2, -0.15) is 0 Å². The lowest BCUT2D eigenvalue weighted by Crippen LogP contribution is -2.06. The molecule has 0 spiro atoms. The zero-order valence-corrected chi connectivity index (χ0v) is 7.25. The van der Waals surface area contributed by atoms with Crippen molar-refractivity contribution in [3.8, 4) is 11.8 Å². The van der Waals surface area contributed by atoms with Crippen LogP contribution in [0.1, 0.15) is 11.1 Å². The molecule has 72 valence electrons. The van der Waals surface area contributed by atoms with Crippen molar-refractivity contribution in [2.75, 3.05) is 0 Å². The molecule has 0 heterocycles. The van der Waals surface area contributed by atoms with Gasteiger partial charge in [-0.1, -0.05) is 18.1 Å². The fraction of sp³-hybridized carbons (Fsp3) is 0.100. The van der Waals surface area contributed by atoms with Crippen LogP contribution < -0.4 is 5.73 Å². The Morgan fingerprint density at radius 1 is 1.57 bits per heavy atom. The molecule has 1 aromatic carbocycles. The number of hydrogen-bond donors (Lipinski definition) is 2. The van der Waals surface area contributed by atoms with Gasteiger partial charge in [-0.25, -0.2) is 4.39 Å². The molecule has 0 atom stereocenters. The molecule has 0 aromatic heterocycles. The largest absolute Gasteiger partial charge is 0.392 e. The number of carbonyl (C=O) groups is 1. The van der Waals surface area contributed by atoms with Crippen molar-refractivity contribution >= 4 is 5.91 Å². The van der Waals surface area contributed by atoms with Crippen LogP contribution in [0.4, 0.5) is 4.39 Å². The molecular formula is C10H8FNO2. The highest BCUT2D eigenvalue weighted by Crippen LogP contribution is 2.11. The van der Waals surface area contributed by atoms with E-state index in [-0.39, 0.29) is 11.1 Å². The van der Waals surface area contributed by atoms with Gasteiger partial charge in [-0.05, 0) is 6.07 Å². The maximum Gasteiger partial charge on any atom is 0.293 e. The summed E-state index contributed by atoms with van der Waals surface area (Å²) in [6.07, 6.45) is 0. The molecule has 1 aromatic rings. The van der Waals surface area contributed by atoms with Crippen LogP contribution >= 0.6 is 0 Å². The molecule has 0 saturated carbocycles. The quantitative estimate of drug-likeness (QED) is 0.624. The van der Waals surface area contributed by atoms with E-state index in [4.69, 9.17) is 10.8 Å². The van der Waals surface area contributed by atoms with E-state index in [1.165, 1.54) is 12.1 Å². The summed E-state index contributed by atoms with van der Waals surface area (Å²) in [6, 6.07) is 4.38. The summed E-state index contributed by atoms with van der Waals surface area (Å²) in [4.78, 5) is 10.3. The average molecular weight is 193 g/mol. The van der Waals surface area contributed by atoms with Crippen LogP contribution in [0.3, 0.4) is 0 Å². The van der Waals surface area contributed by atoms with Gasteiger partial charge in [0.05, 0.1) is 12.2 Å². The first-order valence-corrected chi connectivity index (χ1v) is 3.85. The van der Waals surface area contributed by atoms with Gasteiger partial charge in [0.15, 0.2) is 0 Å². The van der Waals surface area contributed by atoms with Gasteiger partial charge in [0.25, 0.3) is 5.91 Å². The molecule has 1 rings (SSSR count). The number of nitrogens with two attached hydrogens (primary N) is 1. The smallest absolute Gasteiger partial charge is 0.293 e. The number of amides is 1. The number of rotatable bonds is 1. The Balaban J connectivity index is 3.12. The lowest BCUT2D eigenvalue weighted by molar-refractivity contribution is -0.112. The second-order valence-corrected chi connectivity index (χ2v) is 2.55. The van der Waals surface area contributed by atoms with Crippen LogP contribution in [0.5, 0.6) is 0 Å². The Hall–Kier alpha value is -1.86. The van der Waals surface area contributed by atoms with E-state index in [0.29, 0.717) is 0 Å². The second kappa shape index (κ2) is 4.40. The number of aliphatic hydroxyl groups is 1. The normalized spacial score (nSPS) is 9.00. The molecule has 0 bridgehead atoms. The molecule has 0 saturated heterocycles. The maximum atomic E-state index is 13.3. The van der Waals surface area contributed by atoms with Gasteiger partial charge < -0.3 is 10.8 Å². The monoisotopic (exact) mass is 193 g/mol. The molecule has 4 heteroatoms. The molecule has 14 heavy (non-hydrogen) atoms. The third-order valence-electron chi connectivity index (χ3n) is 1.57. The average Bonchev–Trinajstić information content (AvgIpc) is 2.16. The lowest BCUT2D eigenvalue weighted by atomic mass is 10.1.